The third-order valence-electron chi connectivity index (χ3n) is 7.87. The maximum absolute atomic E-state index is 11.5. The van der Waals surface area contributed by atoms with Crippen molar-refractivity contribution in [1.82, 2.24) is 14.7 Å². The van der Waals surface area contributed by atoms with Gasteiger partial charge in [0.2, 0.25) is 0 Å². The summed E-state index contributed by atoms with van der Waals surface area (Å²) in [4.78, 5) is 14.2. The Morgan fingerprint density at radius 3 is 2.48 bits per heavy atom. The molecule has 4 fully saturated rings. The van der Waals surface area contributed by atoms with Crippen LogP contribution in [0.15, 0.2) is 6.08 Å². The molecule has 5 rings (SSSR count). The van der Waals surface area contributed by atoms with Gasteiger partial charge in [-0.2, -0.15) is 5.10 Å². The monoisotopic (exact) mass is 400 g/mol. The molecule has 3 atom stereocenters. The summed E-state index contributed by atoms with van der Waals surface area (Å²) in [6.45, 7) is 6.70. The van der Waals surface area contributed by atoms with Gasteiger partial charge >= 0.3 is 0 Å². The average Bonchev–Trinajstić information content (AvgIpc) is 3.33. The molecule has 3 heterocycles. The van der Waals surface area contributed by atoms with Crippen LogP contribution in [0.3, 0.4) is 0 Å². The lowest BCUT2D eigenvalue weighted by atomic mass is 9.62. The van der Waals surface area contributed by atoms with Crippen molar-refractivity contribution in [2.24, 2.45) is 11.7 Å². The van der Waals surface area contributed by atoms with E-state index in [2.05, 4.69) is 10.00 Å². The zero-order valence-electron chi connectivity index (χ0n) is 18.2. The molecule has 1 spiro atoms. The summed E-state index contributed by atoms with van der Waals surface area (Å²) >= 11 is 0. The first-order valence-electron chi connectivity index (χ1n) is 11.3. The zero-order chi connectivity index (χ0) is 20.6. The third-order valence-corrected chi connectivity index (χ3v) is 7.87. The number of nitrogens with zero attached hydrogens (tertiary/aromatic N) is 3. The van der Waals surface area contributed by atoms with E-state index in [1.54, 1.807) is 7.11 Å². The number of carbonyl (C=O) groups excluding carboxylic acids is 1. The standard InChI is InChI=1S/C15H23N3O2.C8H13N/c1-10(20-3)8-9-13-11(2)14(15(16)19)17-18(13)12-6-4-5-7-12;1-3-8-4-6-9(8)5-2-7(1)8/h8-10,12H,4-7H2,1-3H3,(H2,16,19);7H,1-6H2/b9-8-;. The van der Waals surface area contributed by atoms with Gasteiger partial charge in [0.15, 0.2) is 5.69 Å². The fraction of sp³-hybridized carbons (Fsp3) is 0.739. The van der Waals surface area contributed by atoms with E-state index in [1.165, 1.54) is 51.6 Å². The predicted molar refractivity (Wildman–Crippen MR) is 115 cm³/mol. The van der Waals surface area contributed by atoms with Crippen LogP contribution in [0.1, 0.15) is 86.1 Å². The lowest BCUT2D eigenvalue weighted by Gasteiger charge is -2.58. The lowest BCUT2D eigenvalue weighted by Crippen LogP contribution is -2.63. The molecule has 2 aliphatic heterocycles. The molecule has 6 heteroatoms. The SMILES string of the molecule is C1CN2CCC23CCC13.COC(C)/C=C\c1c(C)c(C(N)=O)nn1C1CCCC1. The molecule has 6 nitrogen and oxygen atoms in total. The number of carbonyl (C=O) groups is 1. The first-order chi connectivity index (χ1) is 14.0. The zero-order valence-corrected chi connectivity index (χ0v) is 18.2. The average molecular weight is 401 g/mol. The summed E-state index contributed by atoms with van der Waals surface area (Å²) < 4.78 is 7.20. The molecule has 160 valence electrons. The molecular formula is C23H36N4O2. The lowest BCUT2D eigenvalue weighted by molar-refractivity contribution is -0.0659. The van der Waals surface area contributed by atoms with E-state index in [4.69, 9.17) is 10.5 Å². The van der Waals surface area contributed by atoms with Crippen LogP contribution >= 0.6 is 0 Å². The van der Waals surface area contributed by atoms with Crippen LogP contribution in [0, 0.1) is 12.8 Å². The number of aromatic nitrogens is 2. The van der Waals surface area contributed by atoms with Gasteiger partial charge in [-0.25, -0.2) is 0 Å². The van der Waals surface area contributed by atoms with Gasteiger partial charge in [0.05, 0.1) is 17.8 Å². The topological polar surface area (TPSA) is 73.4 Å². The van der Waals surface area contributed by atoms with E-state index < -0.39 is 5.91 Å². The van der Waals surface area contributed by atoms with Crippen molar-refractivity contribution >= 4 is 12.0 Å². The number of nitrogens with two attached hydrogens (primary N) is 1. The Morgan fingerprint density at radius 2 is 2.00 bits per heavy atom. The number of methoxy groups -OCH3 is 1. The Kier molecular flexibility index (Phi) is 5.85. The van der Waals surface area contributed by atoms with E-state index in [9.17, 15) is 4.79 Å². The van der Waals surface area contributed by atoms with Gasteiger partial charge in [0, 0.05) is 24.8 Å². The second-order valence-electron chi connectivity index (χ2n) is 9.27. The van der Waals surface area contributed by atoms with Crippen molar-refractivity contribution in [3.63, 3.8) is 0 Å². The summed E-state index contributed by atoms with van der Waals surface area (Å²) in [5.74, 6) is 0.667. The van der Waals surface area contributed by atoms with Crippen LogP contribution in [0.4, 0.5) is 0 Å². The van der Waals surface area contributed by atoms with Gasteiger partial charge in [0.25, 0.3) is 5.91 Å². The maximum atomic E-state index is 11.5. The maximum Gasteiger partial charge on any atom is 0.269 e. The second-order valence-corrected chi connectivity index (χ2v) is 9.27. The highest BCUT2D eigenvalue weighted by atomic mass is 16.5. The summed E-state index contributed by atoms with van der Waals surface area (Å²) in [5.41, 5.74) is 8.41. The Labute approximate surface area is 174 Å². The van der Waals surface area contributed by atoms with Crippen LogP contribution in [0.25, 0.3) is 6.08 Å². The molecule has 1 aromatic heterocycles. The molecule has 4 aliphatic rings. The molecule has 1 amide bonds. The number of hydrogen-bond acceptors (Lipinski definition) is 4. The van der Waals surface area contributed by atoms with Gasteiger partial charge in [0.1, 0.15) is 0 Å². The first kappa shape index (κ1) is 20.6. The fourth-order valence-electron chi connectivity index (χ4n) is 5.74. The number of rotatable bonds is 5. The van der Waals surface area contributed by atoms with Crippen molar-refractivity contribution in [2.75, 3.05) is 20.2 Å². The van der Waals surface area contributed by atoms with Gasteiger partial charge in [-0.1, -0.05) is 18.9 Å². The van der Waals surface area contributed by atoms with Crippen LogP contribution in [-0.4, -0.2) is 52.4 Å². The molecule has 2 aliphatic carbocycles. The minimum Gasteiger partial charge on any atom is -0.378 e. The summed E-state index contributed by atoms with van der Waals surface area (Å²) in [5, 5.41) is 4.45. The van der Waals surface area contributed by atoms with Gasteiger partial charge in [-0.05, 0) is 70.9 Å². The Balaban J connectivity index is 0.000000185. The molecular weight excluding hydrogens is 364 g/mol. The molecule has 2 saturated heterocycles. The molecule has 0 aromatic carbocycles. The van der Waals surface area contributed by atoms with Crippen molar-refractivity contribution in [2.45, 2.75) is 82.9 Å². The highest BCUT2D eigenvalue weighted by Crippen LogP contribution is 2.57. The van der Waals surface area contributed by atoms with Crippen LogP contribution < -0.4 is 5.73 Å². The Hall–Kier alpha value is -1.66. The van der Waals surface area contributed by atoms with Gasteiger partial charge in [-0.3, -0.25) is 14.4 Å². The minimum atomic E-state index is -0.464. The molecule has 0 radical (unpaired) electrons. The van der Waals surface area contributed by atoms with E-state index in [0.717, 1.165) is 35.6 Å². The predicted octanol–water partition coefficient (Wildman–Crippen LogP) is 3.70. The van der Waals surface area contributed by atoms with Crippen molar-refractivity contribution in [3.05, 3.63) is 23.0 Å². The summed E-state index contributed by atoms with van der Waals surface area (Å²) in [6.07, 6.45) is 14.7. The largest absolute Gasteiger partial charge is 0.378 e. The molecule has 1 aromatic rings. The quantitative estimate of drug-likeness (QED) is 0.818. The summed E-state index contributed by atoms with van der Waals surface area (Å²) in [7, 11) is 1.67. The van der Waals surface area contributed by atoms with Crippen molar-refractivity contribution in [3.8, 4) is 0 Å². The highest BCUT2D eigenvalue weighted by Gasteiger charge is 2.59. The van der Waals surface area contributed by atoms with Crippen LogP contribution in [0.5, 0.6) is 0 Å². The van der Waals surface area contributed by atoms with Crippen molar-refractivity contribution in [1.29, 1.82) is 0 Å². The number of amides is 1. The second kappa shape index (κ2) is 8.23. The Morgan fingerprint density at radius 1 is 1.24 bits per heavy atom. The van der Waals surface area contributed by atoms with Crippen LogP contribution in [0.2, 0.25) is 0 Å². The highest BCUT2D eigenvalue weighted by molar-refractivity contribution is 5.93. The number of ether oxygens (including phenoxy) is 1. The fourth-order valence-corrected chi connectivity index (χ4v) is 5.74. The summed E-state index contributed by atoms with van der Waals surface area (Å²) in [6, 6.07) is 0.374. The van der Waals surface area contributed by atoms with E-state index in [0.29, 0.717) is 11.7 Å². The minimum absolute atomic E-state index is 0.0263. The van der Waals surface area contributed by atoms with Gasteiger partial charge < -0.3 is 10.5 Å². The Bertz CT molecular complexity index is 760. The van der Waals surface area contributed by atoms with E-state index in [-0.39, 0.29) is 6.10 Å². The van der Waals surface area contributed by atoms with Crippen LogP contribution in [-0.2, 0) is 4.74 Å². The number of hydrogen-bond donors (Lipinski definition) is 1. The number of primary amides is 1. The third kappa shape index (κ3) is 3.66. The smallest absolute Gasteiger partial charge is 0.269 e. The molecule has 3 unspecified atom stereocenters. The van der Waals surface area contributed by atoms with E-state index in [1.807, 2.05) is 30.7 Å². The molecule has 29 heavy (non-hydrogen) atoms. The normalized spacial score (nSPS) is 29.6. The van der Waals surface area contributed by atoms with Crippen molar-refractivity contribution < 1.29 is 9.53 Å². The molecule has 0 bridgehead atoms. The molecule has 2 N–H and O–H groups in total. The first-order valence-corrected chi connectivity index (χ1v) is 11.3. The molecule has 2 saturated carbocycles. The van der Waals surface area contributed by atoms with E-state index >= 15 is 0 Å². The van der Waals surface area contributed by atoms with Gasteiger partial charge in [-0.15, -0.1) is 0 Å².